The first kappa shape index (κ1) is 14.2. The molecule has 1 rings (SSSR count). The maximum Gasteiger partial charge on any atom is 0.251 e. The highest BCUT2D eigenvalue weighted by atomic mass is 79.9. The SMILES string of the molecule is CCC(C)C(C)NC(=O)c1ccc(CBr)cc1. The first-order valence-electron chi connectivity index (χ1n) is 6.04. The highest BCUT2D eigenvalue weighted by Crippen LogP contribution is 2.10. The fraction of sp³-hybridized carbons (Fsp3) is 0.500. The molecular weight excluding hydrogens is 278 g/mol. The van der Waals surface area contributed by atoms with Crippen LogP contribution < -0.4 is 5.32 Å². The van der Waals surface area contributed by atoms with Crippen molar-refractivity contribution in [2.45, 2.75) is 38.6 Å². The number of benzene rings is 1. The van der Waals surface area contributed by atoms with E-state index in [1.54, 1.807) is 0 Å². The molecule has 0 saturated heterocycles. The molecule has 1 amide bonds. The van der Waals surface area contributed by atoms with Gasteiger partial charge in [-0.05, 0) is 30.5 Å². The van der Waals surface area contributed by atoms with E-state index in [-0.39, 0.29) is 11.9 Å². The van der Waals surface area contributed by atoms with Crippen LogP contribution in [0.5, 0.6) is 0 Å². The van der Waals surface area contributed by atoms with Gasteiger partial charge in [0, 0.05) is 16.9 Å². The molecular formula is C14H20BrNO. The zero-order valence-corrected chi connectivity index (χ0v) is 12.3. The summed E-state index contributed by atoms with van der Waals surface area (Å²) < 4.78 is 0. The van der Waals surface area contributed by atoms with E-state index in [1.807, 2.05) is 24.3 Å². The van der Waals surface area contributed by atoms with Gasteiger partial charge in [-0.1, -0.05) is 48.3 Å². The van der Waals surface area contributed by atoms with E-state index in [4.69, 9.17) is 0 Å². The molecule has 0 saturated carbocycles. The van der Waals surface area contributed by atoms with E-state index in [1.165, 1.54) is 5.56 Å². The fourth-order valence-electron chi connectivity index (χ4n) is 1.53. The summed E-state index contributed by atoms with van der Waals surface area (Å²) in [5, 5.41) is 3.85. The average molecular weight is 298 g/mol. The molecule has 0 aliphatic heterocycles. The summed E-state index contributed by atoms with van der Waals surface area (Å²) in [5.74, 6) is 0.514. The second kappa shape index (κ2) is 6.80. The van der Waals surface area contributed by atoms with Gasteiger partial charge in [-0.15, -0.1) is 0 Å². The number of carbonyl (C=O) groups excluding carboxylic acids is 1. The molecule has 1 aromatic carbocycles. The zero-order chi connectivity index (χ0) is 12.8. The van der Waals surface area contributed by atoms with Gasteiger partial charge in [0.15, 0.2) is 0 Å². The molecule has 0 radical (unpaired) electrons. The van der Waals surface area contributed by atoms with Gasteiger partial charge in [0.25, 0.3) is 5.91 Å². The molecule has 2 atom stereocenters. The van der Waals surface area contributed by atoms with E-state index in [2.05, 4.69) is 42.0 Å². The van der Waals surface area contributed by atoms with Crippen LogP contribution in [-0.2, 0) is 5.33 Å². The number of hydrogen-bond acceptors (Lipinski definition) is 1. The van der Waals surface area contributed by atoms with E-state index >= 15 is 0 Å². The van der Waals surface area contributed by atoms with Gasteiger partial charge in [-0.25, -0.2) is 0 Å². The lowest BCUT2D eigenvalue weighted by Crippen LogP contribution is -2.36. The predicted octanol–water partition coefficient (Wildman–Crippen LogP) is 3.75. The smallest absolute Gasteiger partial charge is 0.251 e. The molecule has 0 aromatic heterocycles. The van der Waals surface area contributed by atoms with Gasteiger partial charge in [0.2, 0.25) is 0 Å². The molecule has 17 heavy (non-hydrogen) atoms. The summed E-state index contributed by atoms with van der Waals surface area (Å²) >= 11 is 3.39. The van der Waals surface area contributed by atoms with E-state index < -0.39 is 0 Å². The second-order valence-electron chi connectivity index (χ2n) is 4.48. The monoisotopic (exact) mass is 297 g/mol. The molecule has 2 nitrogen and oxygen atoms in total. The molecule has 0 aliphatic carbocycles. The Morgan fingerprint density at radius 1 is 1.29 bits per heavy atom. The summed E-state index contributed by atoms with van der Waals surface area (Å²) in [6.07, 6.45) is 1.07. The molecule has 0 bridgehead atoms. The standard InChI is InChI=1S/C14H20BrNO/c1-4-10(2)11(3)16-14(17)13-7-5-12(9-15)6-8-13/h5-8,10-11H,4,9H2,1-3H3,(H,16,17). The number of nitrogens with one attached hydrogen (secondary N) is 1. The summed E-state index contributed by atoms with van der Waals surface area (Å²) in [6, 6.07) is 7.89. The lowest BCUT2D eigenvalue weighted by molar-refractivity contribution is 0.0928. The van der Waals surface area contributed by atoms with Crippen LogP contribution >= 0.6 is 15.9 Å². The van der Waals surface area contributed by atoms with E-state index in [9.17, 15) is 4.79 Å². The van der Waals surface area contributed by atoms with Crippen LogP contribution in [0.1, 0.15) is 43.1 Å². The van der Waals surface area contributed by atoms with E-state index in [0.29, 0.717) is 5.92 Å². The molecule has 94 valence electrons. The van der Waals surface area contributed by atoms with Crippen LogP contribution in [0, 0.1) is 5.92 Å². The Morgan fingerprint density at radius 2 is 1.88 bits per heavy atom. The molecule has 2 unspecified atom stereocenters. The Hall–Kier alpha value is -0.830. The molecule has 0 spiro atoms. The highest BCUT2D eigenvalue weighted by Gasteiger charge is 2.14. The third kappa shape index (κ3) is 4.15. The summed E-state index contributed by atoms with van der Waals surface area (Å²) in [4.78, 5) is 12.0. The van der Waals surface area contributed by atoms with Gasteiger partial charge in [-0.2, -0.15) is 0 Å². The topological polar surface area (TPSA) is 29.1 Å². The Morgan fingerprint density at radius 3 is 2.35 bits per heavy atom. The Labute approximate surface area is 112 Å². The normalized spacial score (nSPS) is 14.1. The van der Waals surface area contributed by atoms with Gasteiger partial charge in [0.05, 0.1) is 0 Å². The molecule has 0 fully saturated rings. The third-order valence-electron chi connectivity index (χ3n) is 3.23. The maximum absolute atomic E-state index is 12.0. The Bertz CT molecular complexity index is 361. The summed E-state index contributed by atoms with van der Waals surface area (Å²) in [7, 11) is 0. The van der Waals surface area contributed by atoms with Gasteiger partial charge < -0.3 is 5.32 Å². The quantitative estimate of drug-likeness (QED) is 0.824. The van der Waals surface area contributed by atoms with Gasteiger partial charge in [-0.3, -0.25) is 4.79 Å². The van der Waals surface area contributed by atoms with Crippen molar-refractivity contribution in [2.75, 3.05) is 0 Å². The predicted molar refractivity (Wildman–Crippen MR) is 75.5 cm³/mol. The third-order valence-corrected chi connectivity index (χ3v) is 3.87. The number of hydrogen-bond donors (Lipinski definition) is 1. The molecule has 3 heteroatoms. The van der Waals surface area contributed by atoms with Crippen molar-refractivity contribution >= 4 is 21.8 Å². The van der Waals surface area contributed by atoms with Crippen molar-refractivity contribution in [2.24, 2.45) is 5.92 Å². The average Bonchev–Trinajstić information content (AvgIpc) is 2.37. The number of amides is 1. The number of halogens is 1. The minimum atomic E-state index is 0.0129. The Kier molecular flexibility index (Phi) is 5.69. The van der Waals surface area contributed by atoms with Crippen LogP contribution in [0.3, 0.4) is 0 Å². The van der Waals surface area contributed by atoms with Crippen molar-refractivity contribution in [3.63, 3.8) is 0 Å². The molecule has 0 heterocycles. The van der Waals surface area contributed by atoms with Crippen molar-refractivity contribution in [1.82, 2.24) is 5.32 Å². The molecule has 0 aliphatic rings. The van der Waals surface area contributed by atoms with Gasteiger partial charge in [0.1, 0.15) is 0 Å². The van der Waals surface area contributed by atoms with Crippen LogP contribution in [0.15, 0.2) is 24.3 Å². The summed E-state index contributed by atoms with van der Waals surface area (Å²) in [6.45, 7) is 6.34. The fourth-order valence-corrected chi connectivity index (χ4v) is 1.90. The molecule has 1 aromatic rings. The van der Waals surface area contributed by atoms with Crippen molar-refractivity contribution < 1.29 is 4.79 Å². The maximum atomic E-state index is 12.0. The zero-order valence-electron chi connectivity index (χ0n) is 10.7. The lowest BCUT2D eigenvalue weighted by atomic mass is 10.0. The Balaban J connectivity index is 2.63. The first-order valence-corrected chi connectivity index (χ1v) is 7.16. The van der Waals surface area contributed by atoms with Crippen LogP contribution in [0.2, 0.25) is 0 Å². The van der Waals surface area contributed by atoms with Crippen LogP contribution in [0.25, 0.3) is 0 Å². The number of alkyl halides is 1. The van der Waals surface area contributed by atoms with Crippen molar-refractivity contribution in [3.8, 4) is 0 Å². The van der Waals surface area contributed by atoms with E-state index in [0.717, 1.165) is 17.3 Å². The first-order chi connectivity index (χ1) is 8.08. The van der Waals surface area contributed by atoms with Crippen molar-refractivity contribution in [1.29, 1.82) is 0 Å². The van der Waals surface area contributed by atoms with Crippen LogP contribution in [-0.4, -0.2) is 11.9 Å². The second-order valence-corrected chi connectivity index (χ2v) is 5.04. The minimum absolute atomic E-state index is 0.0129. The lowest BCUT2D eigenvalue weighted by Gasteiger charge is -2.19. The van der Waals surface area contributed by atoms with Crippen molar-refractivity contribution in [3.05, 3.63) is 35.4 Å². The minimum Gasteiger partial charge on any atom is -0.349 e. The van der Waals surface area contributed by atoms with Gasteiger partial charge >= 0.3 is 0 Å². The number of rotatable bonds is 5. The molecule has 1 N–H and O–H groups in total. The number of carbonyl (C=O) groups is 1. The van der Waals surface area contributed by atoms with Crippen LogP contribution in [0.4, 0.5) is 0 Å². The highest BCUT2D eigenvalue weighted by molar-refractivity contribution is 9.08. The summed E-state index contributed by atoms with van der Waals surface area (Å²) in [5.41, 5.74) is 1.90. The largest absolute Gasteiger partial charge is 0.349 e.